The second-order valence-electron chi connectivity index (χ2n) is 7.35. The molecular weight excluding hydrogens is 398 g/mol. The fourth-order valence-corrected chi connectivity index (χ4v) is 3.57. The lowest BCUT2D eigenvalue weighted by Crippen LogP contribution is -2.29. The van der Waals surface area contributed by atoms with Crippen LogP contribution in [0.2, 0.25) is 0 Å². The molecule has 3 aromatic heterocycles. The van der Waals surface area contributed by atoms with Crippen molar-refractivity contribution in [1.29, 1.82) is 0 Å². The highest BCUT2D eigenvalue weighted by Gasteiger charge is 2.15. The molecule has 9 heteroatoms. The molecule has 1 aliphatic rings. The van der Waals surface area contributed by atoms with Crippen LogP contribution < -0.4 is 15.6 Å². The van der Waals surface area contributed by atoms with Crippen molar-refractivity contribution in [3.8, 4) is 22.8 Å². The number of pyridine rings is 2. The van der Waals surface area contributed by atoms with Crippen molar-refractivity contribution in [2.75, 3.05) is 20.3 Å². The highest BCUT2D eigenvalue weighted by atomic mass is 16.5. The molecule has 0 aromatic carbocycles. The number of amides is 1. The molecule has 3 aromatic rings. The number of nitrogens with one attached hydrogen (secondary N) is 2. The van der Waals surface area contributed by atoms with Gasteiger partial charge in [-0.25, -0.2) is 14.6 Å². The van der Waals surface area contributed by atoms with E-state index in [-0.39, 0.29) is 17.6 Å². The first-order valence-corrected chi connectivity index (χ1v) is 10.3. The summed E-state index contributed by atoms with van der Waals surface area (Å²) in [5.74, 6) is 0.621. The second-order valence-corrected chi connectivity index (χ2v) is 7.35. The summed E-state index contributed by atoms with van der Waals surface area (Å²) >= 11 is 0. The normalized spacial score (nSPS) is 16.1. The van der Waals surface area contributed by atoms with E-state index in [4.69, 9.17) is 9.47 Å². The van der Waals surface area contributed by atoms with Crippen LogP contribution in [0.15, 0.2) is 47.7 Å². The zero-order valence-electron chi connectivity index (χ0n) is 17.3. The van der Waals surface area contributed by atoms with Gasteiger partial charge in [-0.3, -0.25) is 14.7 Å². The van der Waals surface area contributed by atoms with E-state index >= 15 is 0 Å². The van der Waals surface area contributed by atoms with Gasteiger partial charge in [-0.05, 0) is 49.4 Å². The van der Waals surface area contributed by atoms with E-state index in [1.54, 1.807) is 36.7 Å². The number of ether oxygens (including phenoxy) is 2. The topological polar surface area (TPSA) is 111 Å². The average Bonchev–Trinajstić information content (AvgIpc) is 3.21. The third-order valence-corrected chi connectivity index (χ3v) is 5.29. The molecule has 1 fully saturated rings. The first-order chi connectivity index (χ1) is 15.2. The number of aromatic amines is 1. The largest absolute Gasteiger partial charge is 0.481 e. The molecule has 0 radical (unpaired) electrons. The Morgan fingerprint density at radius 2 is 2.23 bits per heavy atom. The van der Waals surface area contributed by atoms with Crippen LogP contribution in [-0.4, -0.2) is 52.0 Å². The van der Waals surface area contributed by atoms with E-state index < -0.39 is 0 Å². The fraction of sp³-hybridized carbons (Fsp3) is 0.364. The van der Waals surface area contributed by atoms with E-state index in [9.17, 15) is 9.59 Å². The van der Waals surface area contributed by atoms with Crippen molar-refractivity contribution in [3.63, 3.8) is 0 Å². The van der Waals surface area contributed by atoms with E-state index in [1.165, 1.54) is 24.4 Å². The van der Waals surface area contributed by atoms with Gasteiger partial charge in [0.15, 0.2) is 5.82 Å². The van der Waals surface area contributed by atoms with Gasteiger partial charge < -0.3 is 14.8 Å². The number of hydrogen-bond donors (Lipinski definition) is 2. The van der Waals surface area contributed by atoms with Gasteiger partial charge in [0, 0.05) is 37.8 Å². The lowest BCUT2D eigenvalue weighted by molar-refractivity contribution is 0.0117. The number of aromatic nitrogens is 4. The smallest absolute Gasteiger partial charge is 0.280 e. The molecule has 0 spiro atoms. The van der Waals surface area contributed by atoms with Crippen LogP contribution in [0.5, 0.6) is 5.88 Å². The van der Waals surface area contributed by atoms with Gasteiger partial charge in [0.2, 0.25) is 5.88 Å². The molecule has 0 bridgehead atoms. The minimum Gasteiger partial charge on any atom is -0.481 e. The van der Waals surface area contributed by atoms with Gasteiger partial charge in [-0.2, -0.15) is 0 Å². The third kappa shape index (κ3) is 4.83. The highest BCUT2D eigenvalue weighted by Crippen LogP contribution is 2.19. The van der Waals surface area contributed by atoms with E-state index in [1.807, 2.05) is 0 Å². The first kappa shape index (κ1) is 20.8. The summed E-state index contributed by atoms with van der Waals surface area (Å²) in [5.41, 5.74) is 1.33. The lowest BCUT2D eigenvalue weighted by atomic mass is 10.1. The fourth-order valence-electron chi connectivity index (χ4n) is 3.57. The molecule has 0 aliphatic carbocycles. The summed E-state index contributed by atoms with van der Waals surface area (Å²) in [4.78, 5) is 33.5. The number of carbonyl (C=O) groups is 1. The maximum absolute atomic E-state index is 12.8. The second kappa shape index (κ2) is 9.57. The number of carbonyl (C=O) groups excluding carboxylic acids is 1. The summed E-state index contributed by atoms with van der Waals surface area (Å²) in [6.45, 7) is 1.36. The molecule has 1 unspecified atom stereocenters. The molecule has 31 heavy (non-hydrogen) atoms. The molecule has 162 valence electrons. The average molecular weight is 423 g/mol. The van der Waals surface area contributed by atoms with Gasteiger partial charge in [-0.1, -0.05) is 0 Å². The van der Waals surface area contributed by atoms with Crippen molar-refractivity contribution in [3.05, 3.63) is 58.8 Å². The zero-order chi connectivity index (χ0) is 21.6. The Balaban J connectivity index is 1.41. The minimum atomic E-state index is -0.259. The minimum absolute atomic E-state index is 0.196. The molecular formula is C22H25N5O4. The first-order valence-electron chi connectivity index (χ1n) is 10.3. The van der Waals surface area contributed by atoms with Crippen LogP contribution in [0.3, 0.4) is 0 Å². The Morgan fingerprint density at radius 3 is 2.97 bits per heavy atom. The monoisotopic (exact) mass is 423 g/mol. The third-order valence-electron chi connectivity index (χ3n) is 5.29. The summed E-state index contributed by atoms with van der Waals surface area (Å²) in [6.07, 6.45) is 9.02. The van der Waals surface area contributed by atoms with Gasteiger partial charge in [0.1, 0.15) is 0 Å². The molecule has 4 rings (SSSR count). The lowest BCUT2D eigenvalue weighted by Gasteiger charge is -2.22. The van der Waals surface area contributed by atoms with Crippen LogP contribution in [-0.2, 0) is 4.74 Å². The molecule has 9 nitrogen and oxygen atoms in total. The summed E-state index contributed by atoms with van der Waals surface area (Å²) < 4.78 is 12.1. The van der Waals surface area contributed by atoms with E-state index in [0.717, 1.165) is 25.9 Å². The summed E-state index contributed by atoms with van der Waals surface area (Å²) in [5, 5.41) is 5.81. The number of rotatable bonds is 7. The predicted octanol–water partition coefficient (Wildman–Crippen LogP) is 2.32. The molecule has 1 atom stereocenters. The SMILES string of the molecule is COc1cc(-c2c[nH]n(-c3ccc(C(=O)NCCC4CCCCO4)cn3)c2=O)ccn1. The van der Waals surface area contributed by atoms with Crippen molar-refractivity contribution in [2.24, 2.45) is 0 Å². The molecule has 1 aliphatic heterocycles. The molecule has 4 heterocycles. The Kier molecular flexibility index (Phi) is 6.42. The number of hydrogen-bond acceptors (Lipinski definition) is 6. The highest BCUT2D eigenvalue weighted by molar-refractivity contribution is 5.93. The quantitative estimate of drug-likeness (QED) is 0.603. The van der Waals surface area contributed by atoms with Crippen LogP contribution in [0, 0.1) is 0 Å². The summed E-state index contributed by atoms with van der Waals surface area (Å²) in [7, 11) is 1.52. The Hall–Kier alpha value is -3.46. The van der Waals surface area contributed by atoms with E-state index in [2.05, 4.69) is 20.4 Å². The Morgan fingerprint density at radius 1 is 1.32 bits per heavy atom. The van der Waals surface area contributed by atoms with Crippen LogP contribution in [0.1, 0.15) is 36.0 Å². The Labute approximate surface area is 179 Å². The standard InChI is InChI=1S/C22H25N5O4/c1-30-20-12-15(7-9-23-20)18-14-26-27(22(18)29)19-6-5-16(13-25-19)21(28)24-10-8-17-4-2-3-11-31-17/h5-7,9,12-14,17,26H,2-4,8,10-11H2,1H3,(H,24,28). The van der Waals surface area contributed by atoms with Gasteiger partial charge in [0.25, 0.3) is 11.5 Å². The maximum Gasteiger partial charge on any atom is 0.280 e. The van der Waals surface area contributed by atoms with Crippen molar-refractivity contribution in [1.82, 2.24) is 25.1 Å². The predicted molar refractivity (Wildman–Crippen MR) is 115 cm³/mol. The number of nitrogens with zero attached hydrogens (tertiary/aromatic N) is 3. The zero-order valence-corrected chi connectivity index (χ0v) is 17.3. The van der Waals surface area contributed by atoms with Crippen LogP contribution >= 0.6 is 0 Å². The molecule has 1 saturated heterocycles. The van der Waals surface area contributed by atoms with Crippen LogP contribution in [0.4, 0.5) is 0 Å². The van der Waals surface area contributed by atoms with Gasteiger partial charge >= 0.3 is 0 Å². The molecule has 1 amide bonds. The van der Waals surface area contributed by atoms with Crippen molar-refractivity contribution < 1.29 is 14.3 Å². The number of H-pyrrole nitrogens is 1. The van der Waals surface area contributed by atoms with Gasteiger partial charge in [-0.15, -0.1) is 0 Å². The maximum atomic E-state index is 12.8. The number of methoxy groups -OCH3 is 1. The molecule has 2 N–H and O–H groups in total. The van der Waals surface area contributed by atoms with Crippen molar-refractivity contribution in [2.45, 2.75) is 31.8 Å². The van der Waals surface area contributed by atoms with E-state index in [0.29, 0.717) is 34.9 Å². The van der Waals surface area contributed by atoms with Gasteiger partial charge in [0.05, 0.1) is 24.3 Å². The Bertz CT molecular complexity index is 1080. The molecule has 0 saturated carbocycles. The van der Waals surface area contributed by atoms with Crippen molar-refractivity contribution >= 4 is 5.91 Å². The van der Waals surface area contributed by atoms with Crippen LogP contribution in [0.25, 0.3) is 16.9 Å². The summed E-state index contributed by atoms with van der Waals surface area (Å²) in [6, 6.07) is 6.70.